The van der Waals surface area contributed by atoms with E-state index in [4.69, 9.17) is 0 Å². The number of carbonyl (C=O) groups excluding carboxylic acids is 2. The van der Waals surface area contributed by atoms with Crippen LogP contribution < -0.4 is 16.0 Å². The van der Waals surface area contributed by atoms with Gasteiger partial charge in [-0.15, -0.1) is 0 Å². The summed E-state index contributed by atoms with van der Waals surface area (Å²) in [4.78, 5) is 33.4. The Bertz CT molecular complexity index is 530. The van der Waals surface area contributed by atoms with Gasteiger partial charge in [0.05, 0.1) is 4.92 Å². The zero-order valence-electron chi connectivity index (χ0n) is 11.2. The van der Waals surface area contributed by atoms with Crippen molar-refractivity contribution in [2.75, 3.05) is 26.0 Å². The lowest BCUT2D eigenvalue weighted by Gasteiger charge is -2.08. The minimum atomic E-state index is -0.612. The zero-order chi connectivity index (χ0) is 15.1. The van der Waals surface area contributed by atoms with Gasteiger partial charge in [0.15, 0.2) is 0 Å². The number of carbonyl (C=O) groups is 2. The van der Waals surface area contributed by atoms with E-state index in [-0.39, 0.29) is 35.8 Å². The molecule has 0 aromatic heterocycles. The molecule has 0 unspecified atom stereocenters. The lowest BCUT2D eigenvalue weighted by molar-refractivity contribution is -0.384. The molecule has 0 spiro atoms. The van der Waals surface area contributed by atoms with Crippen LogP contribution in [-0.4, -0.2) is 37.4 Å². The number of anilines is 1. The molecule has 0 saturated heterocycles. The highest BCUT2D eigenvalue weighted by molar-refractivity contribution is 6.00. The van der Waals surface area contributed by atoms with Crippen LogP contribution in [0.1, 0.15) is 16.8 Å². The number of benzene rings is 1. The Morgan fingerprint density at radius 2 is 2.00 bits per heavy atom. The first kappa shape index (κ1) is 15.4. The van der Waals surface area contributed by atoms with E-state index in [0.29, 0.717) is 0 Å². The summed E-state index contributed by atoms with van der Waals surface area (Å²) in [5.74, 6) is -0.804. The Kier molecular flexibility index (Phi) is 5.45. The number of nitrogens with one attached hydrogen (secondary N) is 3. The van der Waals surface area contributed by atoms with Crippen LogP contribution in [0, 0.1) is 10.1 Å². The lowest BCUT2D eigenvalue weighted by atomic mass is 10.1. The van der Waals surface area contributed by atoms with Crippen molar-refractivity contribution < 1.29 is 14.5 Å². The van der Waals surface area contributed by atoms with Crippen molar-refractivity contribution in [3.63, 3.8) is 0 Å². The molecule has 0 bridgehead atoms. The maximum Gasteiger partial charge on any atom is 0.305 e. The minimum Gasteiger partial charge on any atom is -0.383 e. The molecular weight excluding hydrogens is 264 g/mol. The largest absolute Gasteiger partial charge is 0.383 e. The number of amides is 2. The first-order valence-corrected chi connectivity index (χ1v) is 5.95. The van der Waals surface area contributed by atoms with Crippen molar-refractivity contribution in [1.82, 2.24) is 10.6 Å². The van der Waals surface area contributed by atoms with E-state index in [1.807, 2.05) is 0 Å². The second-order valence-corrected chi connectivity index (χ2v) is 3.89. The average molecular weight is 280 g/mol. The number of para-hydroxylation sites is 1. The monoisotopic (exact) mass is 280 g/mol. The summed E-state index contributed by atoms with van der Waals surface area (Å²) < 4.78 is 0. The van der Waals surface area contributed by atoms with Crippen LogP contribution in [0.15, 0.2) is 18.2 Å². The molecule has 0 aliphatic rings. The first-order chi connectivity index (χ1) is 9.51. The molecule has 1 rings (SSSR count). The number of rotatable bonds is 6. The predicted octanol–water partition coefficient (Wildman–Crippen LogP) is 0.502. The summed E-state index contributed by atoms with van der Waals surface area (Å²) in [7, 11) is 3.03. The van der Waals surface area contributed by atoms with E-state index in [2.05, 4.69) is 16.0 Å². The number of hydrogen-bond acceptors (Lipinski definition) is 5. The quantitative estimate of drug-likeness (QED) is 0.519. The Labute approximate surface area is 115 Å². The molecule has 0 aliphatic carbocycles. The van der Waals surface area contributed by atoms with Crippen molar-refractivity contribution in [2.24, 2.45) is 0 Å². The van der Waals surface area contributed by atoms with Crippen LogP contribution in [-0.2, 0) is 4.79 Å². The van der Waals surface area contributed by atoms with Crippen LogP contribution in [0.4, 0.5) is 11.4 Å². The SMILES string of the molecule is CNC(=O)CCNC(=O)c1cccc(NC)c1[N+](=O)[O-]. The van der Waals surface area contributed by atoms with Gasteiger partial charge >= 0.3 is 5.69 Å². The Morgan fingerprint density at radius 3 is 2.55 bits per heavy atom. The maximum absolute atomic E-state index is 11.9. The molecule has 108 valence electrons. The summed E-state index contributed by atoms with van der Waals surface area (Å²) in [6.45, 7) is 0.111. The van der Waals surface area contributed by atoms with Crippen molar-refractivity contribution >= 4 is 23.2 Å². The van der Waals surface area contributed by atoms with Gasteiger partial charge in [0.25, 0.3) is 5.91 Å². The van der Waals surface area contributed by atoms with Crippen LogP contribution in [0.3, 0.4) is 0 Å². The molecule has 3 N–H and O–H groups in total. The highest BCUT2D eigenvalue weighted by Crippen LogP contribution is 2.27. The lowest BCUT2D eigenvalue weighted by Crippen LogP contribution is -2.29. The van der Waals surface area contributed by atoms with E-state index >= 15 is 0 Å². The van der Waals surface area contributed by atoms with Gasteiger partial charge < -0.3 is 16.0 Å². The van der Waals surface area contributed by atoms with Gasteiger partial charge in [0.1, 0.15) is 11.3 Å². The van der Waals surface area contributed by atoms with Crippen molar-refractivity contribution in [3.8, 4) is 0 Å². The maximum atomic E-state index is 11.9. The third kappa shape index (κ3) is 3.67. The van der Waals surface area contributed by atoms with Crippen LogP contribution in [0.5, 0.6) is 0 Å². The van der Waals surface area contributed by atoms with Crippen LogP contribution >= 0.6 is 0 Å². The fourth-order valence-corrected chi connectivity index (χ4v) is 1.63. The highest BCUT2D eigenvalue weighted by Gasteiger charge is 2.23. The second-order valence-electron chi connectivity index (χ2n) is 3.89. The Hall–Kier alpha value is -2.64. The van der Waals surface area contributed by atoms with Gasteiger partial charge in [-0.25, -0.2) is 0 Å². The van der Waals surface area contributed by atoms with Crippen molar-refractivity contribution in [3.05, 3.63) is 33.9 Å². The smallest absolute Gasteiger partial charge is 0.305 e. The third-order valence-electron chi connectivity index (χ3n) is 2.65. The molecule has 0 radical (unpaired) electrons. The predicted molar refractivity (Wildman–Crippen MR) is 73.7 cm³/mol. The topological polar surface area (TPSA) is 113 Å². The summed E-state index contributed by atoms with van der Waals surface area (Å²) in [5.41, 5.74) is -0.0693. The fourth-order valence-electron chi connectivity index (χ4n) is 1.63. The van der Waals surface area contributed by atoms with Crippen LogP contribution in [0.25, 0.3) is 0 Å². The molecule has 1 aromatic rings. The Morgan fingerprint density at radius 1 is 1.30 bits per heavy atom. The second kappa shape index (κ2) is 7.07. The van der Waals surface area contributed by atoms with E-state index in [0.717, 1.165) is 0 Å². The normalized spacial score (nSPS) is 9.70. The van der Waals surface area contributed by atoms with Crippen molar-refractivity contribution in [1.29, 1.82) is 0 Å². The van der Waals surface area contributed by atoms with Crippen molar-refractivity contribution in [2.45, 2.75) is 6.42 Å². The van der Waals surface area contributed by atoms with Gasteiger partial charge in [-0.1, -0.05) is 6.07 Å². The fraction of sp³-hybridized carbons (Fsp3) is 0.333. The molecule has 20 heavy (non-hydrogen) atoms. The number of nitrogens with zero attached hydrogens (tertiary/aromatic N) is 1. The van der Waals surface area contributed by atoms with Crippen LogP contribution in [0.2, 0.25) is 0 Å². The van der Waals surface area contributed by atoms with E-state index in [9.17, 15) is 19.7 Å². The van der Waals surface area contributed by atoms with E-state index in [1.165, 1.54) is 26.2 Å². The molecule has 1 aromatic carbocycles. The average Bonchev–Trinajstić information content (AvgIpc) is 2.45. The third-order valence-corrected chi connectivity index (χ3v) is 2.65. The first-order valence-electron chi connectivity index (χ1n) is 5.95. The summed E-state index contributed by atoms with van der Waals surface area (Å²) in [6.07, 6.45) is 0.113. The van der Waals surface area contributed by atoms with E-state index < -0.39 is 10.8 Å². The molecule has 0 fully saturated rings. The summed E-state index contributed by atoms with van der Waals surface area (Å²) in [5, 5.41) is 18.6. The number of nitro benzene ring substituents is 1. The number of nitro groups is 1. The molecule has 0 saturated carbocycles. The summed E-state index contributed by atoms with van der Waals surface area (Å²) >= 11 is 0. The number of hydrogen-bond donors (Lipinski definition) is 3. The van der Waals surface area contributed by atoms with Gasteiger partial charge in [-0.3, -0.25) is 19.7 Å². The standard InChI is InChI=1S/C12H16N4O4/c1-13-9-5-3-4-8(11(9)16(19)20)12(18)15-7-6-10(17)14-2/h3-5,13H,6-7H2,1-2H3,(H,14,17)(H,15,18). The van der Waals surface area contributed by atoms with Gasteiger partial charge in [0.2, 0.25) is 5.91 Å². The minimum absolute atomic E-state index is 0.0428. The highest BCUT2D eigenvalue weighted by atomic mass is 16.6. The molecular formula is C12H16N4O4. The Balaban J connectivity index is 2.87. The molecule has 2 amide bonds. The van der Waals surface area contributed by atoms with Gasteiger partial charge in [0, 0.05) is 27.1 Å². The zero-order valence-corrected chi connectivity index (χ0v) is 11.2. The summed E-state index contributed by atoms with van der Waals surface area (Å²) in [6, 6.07) is 4.43. The molecule has 0 atom stereocenters. The molecule has 8 heteroatoms. The van der Waals surface area contributed by atoms with E-state index in [1.54, 1.807) is 6.07 Å². The molecule has 8 nitrogen and oxygen atoms in total. The van der Waals surface area contributed by atoms with Gasteiger partial charge in [-0.2, -0.15) is 0 Å². The molecule has 0 aliphatic heterocycles. The molecule has 0 heterocycles. The van der Waals surface area contributed by atoms with Gasteiger partial charge in [-0.05, 0) is 12.1 Å².